The minimum absolute atomic E-state index is 0.279. The molecule has 1 amide bonds. The number of carbonyl (C=O) groups is 1. The number of nitrogens with zero attached hydrogens (tertiary/aromatic N) is 1. The molecule has 0 unspecified atom stereocenters. The molecule has 13 heavy (non-hydrogen) atoms. The highest BCUT2D eigenvalue weighted by Gasteiger charge is 2.22. The Bertz CT molecular complexity index is 164. The van der Waals surface area contributed by atoms with Crippen LogP contribution in [0.3, 0.4) is 0 Å². The second kappa shape index (κ2) is 5.22. The molecule has 1 aliphatic rings. The Morgan fingerprint density at radius 1 is 1.46 bits per heavy atom. The molecule has 76 valence electrons. The van der Waals surface area contributed by atoms with Crippen LogP contribution >= 0.6 is 0 Å². The highest BCUT2D eigenvalue weighted by molar-refractivity contribution is 5.76. The molecule has 1 fully saturated rings. The fourth-order valence-electron chi connectivity index (χ4n) is 1.90. The molecule has 1 N–H and O–H groups in total. The van der Waals surface area contributed by atoms with Crippen molar-refractivity contribution in [3.63, 3.8) is 0 Å². The fourth-order valence-corrected chi connectivity index (χ4v) is 1.90. The average molecular weight is 184 g/mol. The van der Waals surface area contributed by atoms with E-state index in [4.69, 9.17) is 0 Å². The van der Waals surface area contributed by atoms with E-state index in [2.05, 4.69) is 5.32 Å². The van der Waals surface area contributed by atoms with Crippen molar-refractivity contribution in [2.45, 2.75) is 38.1 Å². The van der Waals surface area contributed by atoms with Gasteiger partial charge in [0, 0.05) is 26.1 Å². The monoisotopic (exact) mass is 184 g/mol. The highest BCUT2D eigenvalue weighted by Crippen LogP contribution is 2.22. The van der Waals surface area contributed by atoms with Gasteiger partial charge in [0.1, 0.15) is 0 Å². The van der Waals surface area contributed by atoms with E-state index < -0.39 is 0 Å². The molecule has 0 spiro atoms. The van der Waals surface area contributed by atoms with Crippen LogP contribution in [0, 0.1) is 0 Å². The molecule has 0 radical (unpaired) electrons. The number of rotatable bonds is 4. The molecule has 0 heterocycles. The number of nitrogens with one attached hydrogen (secondary N) is 1. The Labute approximate surface area is 80.5 Å². The van der Waals surface area contributed by atoms with Crippen LogP contribution in [0.2, 0.25) is 0 Å². The Morgan fingerprint density at radius 2 is 2.08 bits per heavy atom. The van der Waals surface area contributed by atoms with E-state index in [1.165, 1.54) is 25.7 Å². The molecule has 0 aromatic carbocycles. The zero-order valence-corrected chi connectivity index (χ0v) is 8.68. The van der Waals surface area contributed by atoms with Crippen LogP contribution in [0.15, 0.2) is 0 Å². The van der Waals surface area contributed by atoms with Crippen LogP contribution in [0.4, 0.5) is 0 Å². The Kier molecular flexibility index (Phi) is 4.22. The van der Waals surface area contributed by atoms with E-state index in [0.29, 0.717) is 12.5 Å². The predicted molar refractivity (Wildman–Crippen MR) is 53.6 cm³/mol. The minimum Gasteiger partial charge on any atom is -0.343 e. The second-order valence-electron chi connectivity index (χ2n) is 3.80. The molecule has 1 saturated carbocycles. The van der Waals surface area contributed by atoms with Gasteiger partial charge in [-0.3, -0.25) is 4.79 Å². The summed E-state index contributed by atoms with van der Waals surface area (Å²) < 4.78 is 0. The topological polar surface area (TPSA) is 32.3 Å². The average Bonchev–Trinajstić information content (AvgIpc) is 2.65. The van der Waals surface area contributed by atoms with Gasteiger partial charge in [-0.15, -0.1) is 0 Å². The van der Waals surface area contributed by atoms with E-state index in [-0.39, 0.29) is 5.91 Å². The maximum Gasteiger partial charge on any atom is 0.223 e. The van der Waals surface area contributed by atoms with Crippen molar-refractivity contribution in [2.75, 3.05) is 20.6 Å². The van der Waals surface area contributed by atoms with Gasteiger partial charge in [-0.1, -0.05) is 12.8 Å². The summed E-state index contributed by atoms with van der Waals surface area (Å²) in [6.45, 7) is 0.788. The summed E-state index contributed by atoms with van der Waals surface area (Å²) in [6, 6.07) is 0.518. The lowest BCUT2D eigenvalue weighted by molar-refractivity contribution is -0.131. The first kappa shape index (κ1) is 10.5. The molecule has 0 atom stereocenters. The third-order valence-electron chi connectivity index (χ3n) is 2.85. The van der Waals surface area contributed by atoms with Crippen LogP contribution in [0.1, 0.15) is 32.1 Å². The van der Waals surface area contributed by atoms with Gasteiger partial charge in [0.15, 0.2) is 0 Å². The molecular weight excluding hydrogens is 164 g/mol. The van der Waals surface area contributed by atoms with Gasteiger partial charge in [-0.05, 0) is 19.9 Å². The lowest BCUT2D eigenvalue weighted by Gasteiger charge is -2.24. The van der Waals surface area contributed by atoms with Crippen molar-refractivity contribution in [1.29, 1.82) is 0 Å². The number of carbonyl (C=O) groups excluding carboxylic acids is 1. The zero-order valence-electron chi connectivity index (χ0n) is 8.68. The summed E-state index contributed by atoms with van der Waals surface area (Å²) in [5, 5.41) is 3.00. The first-order valence-electron chi connectivity index (χ1n) is 5.16. The molecule has 0 saturated heterocycles. The molecule has 1 aliphatic carbocycles. The van der Waals surface area contributed by atoms with Crippen molar-refractivity contribution < 1.29 is 4.79 Å². The van der Waals surface area contributed by atoms with Gasteiger partial charge >= 0.3 is 0 Å². The number of hydrogen-bond donors (Lipinski definition) is 1. The van der Waals surface area contributed by atoms with Gasteiger partial charge in [0.05, 0.1) is 0 Å². The van der Waals surface area contributed by atoms with Gasteiger partial charge < -0.3 is 10.2 Å². The molecule has 0 aromatic heterocycles. The van der Waals surface area contributed by atoms with E-state index in [1.807, 2.05) is 19.0 Å². The van der Waals surface area contributed by atoms with E-state index >= 15 is 0 Å². The quantitative estimate of drug-likeness (QED) is 0.707. The first-order valence-corrected chi connectivity index (χ1v) is 5.16. The summed E-state index contributed by atoms with van der Waals surface area (Å²) in [5.74, 6) is 0.279. The Balaban J connectivity index is 2.28. The molecule has 0 aromatic rings. The van der Waals surface area contributed by atoms with Crippen molar-refractivity contribution in [1.82, 2.24) is 10.2 Å². The Hall–Kier alpha value is -0.570. The normalized spacial score (nSPS) is 17.7. The van der Waals surface area contributed by atoms with Crippen molar-refractivity contribution in [3.05, 3.63) is 0 Å². The van der Waals surface area contributed by atoms with E-state index in [9.17, 15) is 4.79 Å². The van der Waals surface area contributed by atoms with Crippen LogP contribution in [0.5, 0.6) is 0 Å². The third-order valence-corrected chi connectivity index (χ3v) is 2.85. The molecule has 3 nitrogen and oxygen atoms in total. The van der Waals surface area contributed by atoms with Crippen LogP contribution in [0.25, 0.3) is 0 Å². The standard InChI is InChI=1S/C10H20N2O/c1-11-8-7-10(13)12(2)9-5-3-4-6-9/h9,11H,3-8H2,1-2H3. The van der Waals surface area contributed by atoms with Crippen molar-refractivity contribution in [2.24, 2.45) is 0 Å². The van der Waals surface area contributed by atoms with E-state index in [0.717, 1.165) is 6.54 Å². The Morgan fingerprint density at radius 3 is 2.62 bits per heavy atom. The SMILES string of the molecule is CNCCC(=O)N(C)C1CCCC1. The zero-order chi connectivity index (χ0) is 9.68. The largest absolute Gasteiger partial charge is 0.343 e. The second-order valence-corrected chi connectivity index (χ2v) is 3.80. The number of hydrogen-bond acceptors (Lipinski definition) is 2. The summed E-state index contributed by atoms with van der Waals surface area (Å²) in [7, 11) is 3.82. The van der Waals surface area contributed by atoms with Gasteiger partial charge in [0.2, 0.25) is 5.91 Å². The van der Waals surface area contributed by atoms with Crippen LogP contribution in [-0.4, -0.2) is 37.5 Å². The summed E-state index contributed by atoms with van der Waals surface area (Å²) in [5.41, 5.74) is 0. The summed E-state index contributed by atoms with van der Waals surface area (Å²) >= 11 is 0. The predicted octanol–water partition coefficient (Wildman–Crippen LogP) is 0.997. The van der Waals surface area contributed by atoms with Gasteiger partial charge in [-0.25, -0.2) is 0 Å². The molecule has 3 heteroatoms. The minimum atomic E-state index is 0.279. The summed E-state index contributed by atoms with van der Waals surface area (Å²) in [6.07, 6.45) is 5.59. The van der Waals surface area contributed by atoms with Crippen molar-refractivity contribution in [3.8, 4) is 0 Å². The molecule has 0 bridgehead atoms. The molecular formula is C10H20N2O. The lowest BCUT2D eigenvalue weighted by Crippen LogP contribution is -2.36. The fraction of sp³-hybridized carbons (Fsp3) is 0.900. The van der Waals surface area contributed by atoms with Crippen LogP contribution in [-0.2, 0) is 4.79 Å². The highest BCUT2D eigenvalue weighted by atomic mass is 16.2. The number of amides is 1. The lowest BCUT2D eigenvalue weighted by atomic mass is 10.2. The maximum absolute atomic E-state index is 11.6. The molecule has 0 aliphatic heterocycles. The van der Waals surface area contributed by atoms with E-state index in [1.54, 1.807) is 0 Å². The van der Waals surface area contributed by atoms with Crippen molar-refractivity contribution >= 4 is 5.91 Å². The first-order chi connectivity index (χ1) is 6.25. The molecule has 1 rings (SSSR count). The van der Waals surface area contributed by atoms with Gasteiger partial charge in [0.25, 0.3) is 0 Å². The van der Waals surface area contributed by atoms with Gasteiger partial charge in [-0.2, -0.15) is 0 Å². The maximum atomic E-state index is 11.6. The summed E-state index contributed by atoms with van der Waals surface area (Å²) in [4.78, 5) is 13.5. The van der Waals surface area contributed by atoms with Crippen LogP contribution < -0.4 is 5.32 Å². The smallest absolute Gasteiger partial charge is 0.223 e. The third kappa shape index (κ3) is 2.99.